The molecule has 3 unspecified atom stereocenters. The molecule has 2 aromatic carbocycles. The summed E-state index contributed by atoms with van der Waals surface area (Å²) in [5.41, 5.74) is 3.10. The zero-order valence-corrected chi connectivity index (χ0v) is 17.6. The Morgan fingerprint density at radius 1 is 1.21 bits per heavy atom. The molecule has 3 rings (SSSR count). The summed E-state index contributed by atoms with van der Waals surface area (Å²) in [5.74, 6) is 1.30. The number of benzene rings is 2. The fourth-order valence-corrected chi connectivity index (χ4v) is 4.91. The van der Waals surface area contributed by atoms with Gasteiger partial charge < -0.3 is 19.7 Å². The molecular weight excluding hydrogens is 364 g/mol. The van der Waals surface area contributed by atoms with Crippen LogP contribution in [0.3, 0.4) is 0 Å². The van der Waals surface area contributed by atoms with Gasteiger partial charge in [0, 0.05) is 18.1 Å². The first-order valence-electron chi connectivity index (χ1n) is 10.2. The van der Waals surface area contributed by atoms with Gasteiger partial charge in [-0.15, -0.1) is 6.58 Å². The average Bonchev–Trinajstić information content (AvgIpc) is 3.09. The smallest absolute Gasteiger partial charge is 0.165 e. The van der Waals surface area contributed by atoms with E-state index in [0.717, 1.165) is 41.0 Å². The van der Waals surface area contributed by atoms with Crippen LogP contribution in [0, 0.1) is 11.8 Å². The zero-order chi connectivity index (χ0) is 21.0. The Hall–Kier alpha value is -2.30. The summed E-state index contributed by atoms with van der Waals surface area (Å²) < 4.78 is 11.8. The number of aliphatic hydroxyl groups is 2. The minimum atomic E-state index is -0.691. The molecule has 0 saturated heterocycles. The molecule has 0 radical (unpaired) electrons. The van der Waals surface area contributed by atoms with Crippen molar-refractivity contribution in [2.45, 2.75) is 44.8 Å². The third-order valence-electron chi connectivity index (χ3n) is 6.43. The SMILES string of the molecule is C=CC(O)C([C@H](C)CO)C1(C)CCc2c1ccc(OC)c2OCc1ccccc1. The van der Waals surface area contributed by atoms with Crippen LogP contribution in [-0.4, -0.2) is 30.0 Å². The number of aliphatic hydroxyl groups excluding tert-OH is 2. The lowest BCUT2D eigenvalue weighted by Crippen LogP contribution is -2.42. The van der Waals surface area contributed by atoms with Gasteiger partial charge in [-0.3, -0.25) is 0 Å². The van der Waals surface area contributed by atoms with Gasteiger partial charge >= 0.3 is 0 Å². The molecule has 1 aliphatic rings. The molecule has 0 saturated carbocycles. The van der Waals surface area contributed by atoms with E-state index < -0.39 is 6.10 Å². The van der Waals surface area contributed by atoms with Gasteiger partial charge in [-0.05, 0) is 41.4 Å². The van der Waals surface area contributed by atoms with E-state index in [1.165, 1.54) is 0 Å². The van der Waals surface area contributed by atoms with Crippen LogP contribution in [0.5, 0.6) is 11.5 Å². The standard InChI is InChI=1S/C25H32O4/c1-5-21(27)23(17(2)15-26)25(3)14-13-19-20(25)11-12-22(28-4)24(19)29-16-18-9-7-6-8-10-18/h5-12,17,21,23,26-27H,1,13-16H2,2-4H3/t17-,21?,23?,25?/m1/s1. The first-order valence-corrected chi connectivity index (χ1v) is 10.2. The van der Waals surface area contributed by atoms with Crippen LogP contribution < -0.4 is 9.47 Å². The van der Waals surface area contributed by atoms with Crippen molar-refractivity contribution in [1.82, 2.24) is 0 Å². The van der Waals surface area contributed by atoms with Crippen molar-refractivity contribution in [1.29, 1.82) is 0 Å². The van der Waals surface area contributed by atoms with Crippen molar-refractivity contribution < 1.29 is 19.7 Å². The summed E-state index contributed by atoms with van der Waals surface area (Å²) in [7, 11) is 1.66. The third-order valence-corrected chi connectivity index (χ3v) is 6.43. The van der Waals surface area contributed by atoms with Gasteiger partial charge in [0.2, 0.25) is 0 Å². The fourth-order valence-electron chi connectivity index (χ4n) is 4.91. The molecule has 0 heterocycles. The van der Waals surface area contributed by atoms with Gasteiger partial charge in [-0.1, -0.05) is 56.3 Å². The van der Waals surface area contributed by atoms with Gasteiger partial charge in [-0.25, -0.2) is 0 Å². The van der Waals surface area contributed by atoms with E-state index >= 15 is 0 Å². The highest BCUT2D eigenvalue weighted by atomic mass is 16.5. The molecule has 4 nitrogen and oxygen atoms in total. The molecule has 2 aromatic rings. The predicted molar refractivity (Wildman–Crippen MR) is 115 cm³/mol. The molecule has 0 bridgehead atoms. The van der Waals surface area contributed by atoms with Gasteiger partial charge in [-0.2, -0.15) is 0 Å². The van der Waals surface area contributed by atoms with E-state index in [2.05, 4.69) is 19.6 Å². The van der Waals surface area contributed by atoms with Crippen molar-refractivity contribution in [3.63, 3.8) is 0 Å². The van der Waals surface area contributed by atoms with Crippen LogP contribution in [0.25, 0.3) is 0 Å². The second-order valence-electron chi connectivity index (χ2n) is 8.23. The Bertz CT molecular complexity index is 832. The maximum absolute atomic E-state index is 10.7. The largest absolute Gasteiger partial charge is 0.493 e. The Kier molecular flexibility index (Phi) is 6.66. The van der Waals surface area contributed by atoms with Crippen LogP contribution >= 0.6 is 0 Å². The second-order valence-corrected chi connectivity index (χ2v) is 8.23. The Balaban J connectivity index is 2.00. The molecule has 4 atom stereocenters. The average molecular weight is 397 g/mol. The van der Waals surface area contributed by atoms with Crippen molar-refractivity contribution >= 4 is 0 Å². The Labute approximate surface area is 173 Å². The van der Waals surface area contributed by atoms with Crippen molar-refractivity contribution in [3.05, 3.63) is 71.8 Å². The molecule has 2 N–H and O–H groups in total. The highest BCUT2D eigenvalue weighted by Gasteiger charge is 2.47. The lowest BCUT2D eigenvalue weighted by atomic mass is 9.65. The minimum Gasteiger partial charge on any atom is -0.493 e. The molecule has 1 aliphatic carbocycles. The monoisotopic (exact) mass is 396 g/mol. The molecule has 29 heavy (non-hydrogen) atoms. The first kappa shape index (κ1) is 21.4. The summed E-state index contributed by atoms with van der Waals surface area (Å²) in [4.78, 5) is 0. The van der Waals surface area contributed by atoms with E-state index in [-0.39, 0.29) is 23.9 Å². The summed E-state index contributed by atoms with van der Waals surface area (Å²) >= 11 is 0. The highest BCUT2D eigenvalue weighted by Crippen LogP contribution is 2.52. The maximum Gasteiger partial charge on any atom is 0.165 e. The number of methoxy groups -OCH3 is 1. The lowest BCUT2D eigenvalue weighted by molar-refractivity contribution is 0.0360. The van der Waals surface area contributed by atoms with E-state index in [1.54, 1.807) is 13.2 Å². The van der Waals surface area contributed by atoms with E-state index in [4.69, 9.17) is 9.47 Å². The van der Waals surface area contributed by atoms with Crippen molar-refractivity contribution in [3.8, 4) is 11.5 Å². The molecule has 0 fully saturated rings. The summed E-state index contributed by atoms with van der Waals surface area (Å²) in [6.45, 7) is 8.44. The molecule has 0 aromatic heterocycles. The molecule has 0 aliphatic heterocycles. The number of rotatable bonds is 9. The van der Waals surface area contributed by atoms with Crippen molar-refractivity contribution in [2.24, 2.45) is 11.8 Å². The molecule has 0 amide bonds. The van der Waals surface area contributed by atoms with Crippen molar-refractivity contribution in [2.75, 3.05) is 13.7 Å². The maximum atomic E-state index is 10.7. The van der Waals surface area contributed by atoms with E-state index in [9.17, 15) is 10.2 Å². The van der Waals surface area contributed by atoms with Crippen LogP contribution in [0.2, 0.25) is 0 Å². The first-order chi connectivity index (χ1) is 14.0. The minimum absolute atomic E-state index is 0.0218. The predicted octanol–water partition coefficient (Wildman–Crippen LogP) is 4.27. The fraction of sp³-hybridized carbons (Fsp3) is 0.440. The van der Waals surface area contributed by atoms with Crippen LogP contribution in [0.4, 0.5) is 0 Å². The summed E-state index contributed by atoms with van der Waals surface area (Å²) in [5, 5.41) is 20.5. The number of hydrogen-bond acceptors (Lipinski definition) is 4. The highest BCUT2D eigenvalue weighted by molar-refractivity contribution is 5.56. The topological polar surface area (TPSA) is 58.9 Å². The van der Waals surface area contributed by atoms with Crippen LogP contribution in [0.1, 0.15) is 37.0 Å². The number of ether oxygens (including phenoxy) is 2. The van der Waals surface area contributed by atoms with Gasteiger partial charge in [0.05, 0.1) is 13.2 Å². The Morgan fingerprint density at radius 2 is 1.93 bits per heavy atom. The lowest BCUT2D eigenvalue weighted by Gasteiger charge is -2.41. The molecule has 156 valence electrons. The number of fused-ring (bicyclic) bond motifs is 1. The number of hydrogen-bond donors (Lipinski definition) is 2. The normalized spacial score (nSPS) is 21.1. The Morgan fingerprint density at radius 3 is 2.55 bits per heavy atom. The van der Waals surface area contributed by atoms with Crippen LogP contribution in [0.15, 0.2) is 55.1 Å². The van der Waals surface area contributed by atoms with Crippen LogP contribution in [-0.2, 0) is 18.4 Å². The van der Waals surface area contributed by atoms with Gasteiger partial charge in [0.1, 0.15) is 6.61 Å². The van der Waals surface area contributed by atoms with E-state index in [1.807, 2.05) is 43.3 Å². The van der Waals surface area contributed by atoms with Gasteiger partial charge in [0.15, 0.2) is 11.5 Å². The molecular formula is C25H32O4. The summed E-state index contributed by atoms with van der Waals surface area (Å²) in [6, 6.07) is 14.1. The zero-order valence-electron chi connectivity index (χ0n) is 17.6. The second kappa shape index (κ2) is 9.02. The molecule has 0 spiro atoms. The van der Waals surface area contributed by atoms with E-state index in [0.29, 0.717) is 6.61 Å². The third kappa shape index (κ3) is 4.05. The van der Waals surface area contributed by atoms with Gasteiger partial charge in [0.25, 0.3) is 0 Å². The summed E-state index contributed by atoms with van der Waals surface area (Å²) in [6.07, 6.45) is 2.60. The quantitative estimate of drug-likeness (QED) is 0.622. The molecule has 4 heteroatoms.